The molecule has 8 nitrogen and oxygen atoms in total. The van der Waals surface area contributed by atoms with Crippen molar-refractivity contribution in [2.45, 2.75) is 71.1 Å². The summed E-state index contributed by atoms with van der Waals surface area (Å²) in [5.74, 6) is -4.44. The van der Waals surface area contributed by atoms with Crippen LogP contribution in [0.15, 0.2) is 42.5 Å². The SMILES string of the molecule is CCOc1c(C(C)=O)ccc([C@@H](C)N(CCO[C@@H](C)c2ccccc2)C(=O)NC2(C(=O)O)CC(F)(F)C2)c1C. The molecule has 2 aromatic rings. The predicted molar refractivity (Wildman–Crippen MR) is 141 cm³/mol. The predicted octanol–water partition coefficient (Wildman–Crippen LogP) is 5.70. The quantitative estimate of drug-likeness (QED) is 0.331. The maximum Gasteiger partial charge on any atom is 0.329 e. The number of nitrogens with zero attached hydrogens (tertiary/aromatic N) is 1. The van der Waals surface area contributed by atoms with Crippen molar-refractivity contribution in [2.75, 3.05) is 19.8 Å². The van der Waals surface area contributed by atoms with Gasteiger partial charge in [0.1, 0.15) is 5.75 Å². The number of urea groups is 1. The summed E-state index contributed by atoms with van der Waals surface area (Å²) < 4.78 is 39.1. The molecule has 10 heteroatoms. The van der Waals surface area contributed by atoms with E-state index in [4.69, 9.17) is 9.47 Å². The van der Waals surface area contributed by atoms with E-state index in [-0.39, 0.29) is 25.0 Å². The summed E-state index contributed by atoms with van der Waals surface area (Å²) in [6, 6.07) is 11.4. The van der Waals surface area contributed by atoms with Crippen molar-refractivity contribution in [1.82, 2.24) is 10.2 Å². The molecule has 1 aliphatic rings. The Morgan fingerprint density at radius 3 is 2.28 bits per heavy atom. The number of alkyl halides is 2. The number of aliphatic carboxylic acids is 1. The second-order valence-electron chi connectivity index (χ2n) is 9.97. The van der Waals surface area contributed by atoms with Crippen LogP contribution in [0.2, 0.25) is 0 Å². The third-order valence-corrected chi connectivity index (χ3v) is 7.14. The van der Waals surface area contributed by atoms with Gasteiger partial charge in [-0.25, -0.2) is 18.4 Å². The van der Waals surface area contributed by atoms with Crippen molar-refractivity contribution in [1.29, 1.82) is 0 Å². The number of benzene rings is 2. The van der Waals surface area contributed by atoms with E-state index in [9.17, 15) is 28.3 Å². The molecule has 0 heterocycles. The fourth-order valence-corrected chi connectivity index (χ4v) is 4.95. The number of carboxylic acid groups (broad SMARTS) is 1. The van der Waals surface area contributed by atoms with Crippen LogP contribution in [0, 0.1) is 6.92 Å². The first-order chi connectivity index (χ1) is 18.3. The Bertz CT molecular complexity index is 1200. The Hall–Kier alpha value is -3.53. The zero-order valence-corrected chi connectivity index (χ0v) is 22.9. The number of halogens is 2. The minimum absolute atomic E-state index is 0.0497. The molecule has 0 saturated heterocycles. The van der Waals surface area contributed by atoms with E-state index in [2.05, 4.69) is 5.32 Å². The number of nitrogens with one attached hydrogen (secondary N) is 1. The highest BCUT2D eigenvalue weighted by atomic mass is 19.3. The van der Waals surface area contributed by atoms with Gasteiger partial charge >= 0.3 is 12.0 Å². The standard InChI is InChI=1S/C29H36F2N2O6/c1-6-38-25-18(2)23(12-13-24(25)20(4)34)19(3)33(14-15-39-21(5)22-10-8-7-9-11-22)27(37)32-28(26(35)36)16-29(30,31)17-28/h7-13,19,21H,6,14-17H2,1-5H3,(H,32,37)(H,35,36)/t19-,21+/m1/s1. The van der Waals surface area contributed by atoms with Gasteiger partial charge in [0.05, 0.1) is 30.9 Å². The van der Waals surface area contributed by atoms with Gasteiger partial charge in [0.2, 0.25) is 0 Å². The number of ether oxygens (including phenoxy) is 2. The molecule has 1 saturated carbocycles. The molecule has 0 bridgehead atoms. The van der Waals surface area contributed by atoms with Gasteiger partial charge in [-0.15, -0.1) is 0 Å². The number of carbonyl (C=O) groups excluding carboxylic acids is 2. The number of carbonyl (C=O) groups is 3. The molecule has 212 valence electrons. The largest absolute Gasteiger partial charge is 0.493 e. The summed E-state index contributed by atoms with van der Waals surface area (Å²) in [6.45, 7) is 9.10. The molecule has 0 aromatic heterocycles. The third-order valence-electron chi connectivity index (χ3n) is 7.14. The molecule has 3 rings (SSSR count). The van der Waals surface area contributed by atoms with Crippen LogP contribution in [0.5, 0.6) is 5.75 Å². The lowest BCUT2D eigenvalue weighted by atomic mass is 9.73. The summed E-state index contributed by atoms with van der Waals surface area (Å²) in [6.07, 6.45) is -2.24. The summed E-state index contributed by atoms with van der Waals surface area (Å²) in [5.41, 5.74) is 0.610. The van der Waals surface area contributed by atoms with Gasteiger partial charge in [0.15, 0.2) is 11.3 Å². The van der Waals surface area contributed by atoms with Crippen molar-refractivity contribution in [3.8, 4) is 5.75 Å². The van der Waals surface area contributed by atoms with Crippen molar-refractivity contribution >= 4 is 17.8 Å². The highest BCUT2D eigenvalue weighted by molar-refractivity contribution is 5.97. The second kappa shape index (κ2) is 12.1. The van der Waals surface area contributed by atoms with Crippen LogP contribution < -0.4 is 10.1 Å². The molecule has 0 radical (unpaired) electrons. The first-order valence-electron chi connectivity index (χ1n) is 13.0. The minimum Gasteiger partial charge on any atom is -0.493 e. The molecule has 2 atom stereocenters. The summed E-state index contributed by atoms with van der Waals surface area (Å²) in [4.78, 5) is 38.9. The fraction of sp³-hybridized carbons (Fsp3) is 0.483. The average molecular weight is 547 g/mol. The van der Waals surface area contributed by atoms with E-state index in [0.29, 0.717) is 29.0 Å². The van der Waals surface area contributed by atoms with Crippen LogP contribution in [-0.4, -0.2) is 59.0 Å². The number of ketones is 1. The highest BCUT2D eigenvalue weighted by Gasteiger charge is 2.62. The lowest BCUT2D eigenvalue weighted by molar-refractivity contribution is -0.175. The van der Waals surface area contributed by atoms with E-state index < -0.39 is 42.3 Å². The van der Waals surface area contributed by atoms with Gasteiger partial charge in [-0.3, -0.25) is 4.79 Å². The van der Waals surface area contributed by atoms with Crippen LogP contribution in [0.3, 0.4) is 0 Å². The van der Waals surface area contributed by atoms with E-state index in [0.717, 1.165) is 5.56 Å². The third kappa shape index (κ3) is 6.73. The Balaban J connectivity index is 1.89. The molecular formula is C29H36F2N2O6. The van der Waals surface area contributed by atoms with Crippen LogP contribution in [0.25, 0.3) is 0 Å². The van der Waals surface area contributed by atoms with Crippen LogP contribution in [0.4, 0.5) is 13.6 Å². The number of hydrogen-bond acceptors (Lipinski definition) is 5. The molecular weight excluding hydrogens is 510 g/mol. The number of Topliss-reactive ketones (excluding diaryl/α,β-unsaturated/α-hetero) is 1. The van der Waals surface area contributed by atoms with Crippen molar-refractivity contribution in [2.24, 2.45) is 0 Å². The van der Waals surface area contributed by atoms with E-state index in [1.807, 2.05) is 37.3 Å². The first kappa shape index (κ1) is 30.0. The molecule has 0 spiro atoms. The van der Waals surface area contributed by atoms with Gasteiger partial charge in [-0.05, 0) is 57.4 Å². The van der Waals surface area contributed by atoms with Gasteiger partial charge in [0.25, 0.3) is 5.92 Å². The molecule has 39 heavy (non-hydrogen) atoms. The number of hydrogen-bond donors (Lipinski definition) is 2. The monoisotopic (exact) mass is 546 g/mol. The maximum absolute atomic E-state index is 13.7. The second-order valence-corrected chi connectivity index (χ2v) is 9.97. The Morgan fingerprint density at radius 1 is 1.10 bits per heavy atom. The fourth-order valence-electron chi connectivity index (χ4n) is 4.95. The van der Waals surface area contributed by atoms with E-state index in [1.165, 1.54) is 11.8 Å². The molecule has 1 fully saturated rings. The summed E-state index contributed by atoms with van der Waals surface area (Å²) in [7, 11) is 0. The van der Waals surface area contributed by atoms with E-state index in [1.54, 1.807) is 32.9 Å². The van der Waals surface area contributed by atoms with Gasteiger partial charge < -0.3 is 24.8 Å². The van der Waals surface area contributed by atoms with Gasteiger partial charge in [0, 0.05) is 19.4 Å². The van der Waals surface area contributed by atoms with Crippen molar-refractivity contribution < 1.29 is 37.7 Å². The molecule has 2 amide bonds. The molecule has 0 unspecified atom stereocenters. The topological polar surface area (TPSA) is 105 Å². The number of amides is 2. The van der Waals surface area contributed by atoms with Gasteiger partial charge in [-0.2, -0.15) is 0 Å². The molecule has 2 N–H and O–H groups in total. The van der Waals surface area contributed by atoms with Gasteiger partial charge in [-0.1, -0.05) is 36.4 Å². The minimum atomic E-state index is -3.16. The van der Waals surface area contributed by atoms with Crippen LogP contribution in [0.1, 0.15) is 79.7 Å². The molecule has 0 aliphatic heterocycles. The normalized spacial score (nSPS) is 16.9. The average Bonchev–Trinajstić information content (AvgIpc) is 2.86. The van der Waals surface area contributed by atoms with Crippen LogP contribution >= 0.6 is 0 Å². The summed E-state index contributed by atoms with van der Waals surface area (Å²) >= 11 is 0. The maximum atomic E-state index is 13.7. The number of carboxylic acids is 1. The Morgan fingerprint density at radius 2 is 1.74 bits per heavy atom. The van der Waals surface area contributed by atoms with E-state index >= 15 is 0 Å². The molecule has 1 aliphatic carbocycles. The molecule has 2 aromatic carbocycles. The Labute approximate surface area is 227 Å². The Kier molecular flexibility index (Phi) is 9.32. The van der Waals surface area contributed by atoms with Crippen molar-refractivity contribution in [3.63, 3.8) is 0 Å². The summed E-state index contributed by atoms with van der Waals surface area (Å²) in [5, 5.41) is 12.0. The van der Waals surface area contributed by atoms with Crippen molar-refractivity contribution in [3.05, 3.63) is 64.7 Å². The zero-order chi connectivity index (χ0) is 29.0. The zero-order valence-electron chi connectivity index (χ0n) is 22.9. The lowest BCUT2D eigenvalue weighted by Crippen LogP contribution is -2.68. The number of rotatable bonds is 12. The van der Waals surface area contributed by atoms with Crippen LogP contribution in [-0.2, 0) is 9.53 Å². The first-order valence-corrected chi connectivity index (χ1v) is 13.0. The smallest absolute Gasteiger partial charge is 0.329 e. The lowest BCUT2D eigenvalue weighted by Gasteiger charge is -2.45. The highest BCUT2D eigenvalue weighted by Crippen LogP contribution is 2.46.